The fourth-order valence-electron chi connectivity index (χ4n) is 2.94. The second-order valence-corrected chi connectivity index (χ2v) is 6.30. The Morgan fingerprint density at radius 1 is 1.04 bits per heavy atom. The van der Waals surface area contributed by atoms with Crippen LogP contribution in [0.4, 0.5) is 15.8 Å². The van der Waals surface area contributed by atoms with Crippen molar-refractivity contribution in [3.8, 4) is 0 Å². The maximum atomic E-state index is 13.8. The van der Waals surface area contributed by atoms with Gasteiger partial charge in [0.2, 0.25) is 0 Å². The lowest BCUT2D eigenvalue weighted by molar-refractivity contribution is -0.121. The monoisotopic (exact) mass is 358 g/mol. The number of halogens is 2. The Bertz CT molecular complexity index is 915. The number of imide groups is 1. The third-order valence-corrected chi connectivity index (χ3v) is 4.54. The fourth-order valence-corrected chi connectivity index (χ4v) is 3.07. The predicted molar refractivity (Wildman–Crippen MR) is 90.0 cm³/mol. The molecule has 4 rings (SSSR count). The van der Waals surface area contributed by atoms with E-state index in [4.69, 9.17) is 11.6 Å². The van der Waals surface area contributed by atoms with Crippen LogP contribution in [0, 0.1) is 12.7 Å². The average Bonchev–Trinajstić information content (AvgIpc) is 3.12. The van der Waals surface area contributed by atoms with Crippen LogP contribution < -0.4 is 9.91 Å². The smallest absolute Gasteiger partial charge is 0.263 e. The molecule has 2 amide bonds. The molecule has 8 heteroatoms. The molecular weight excluding hydrogens is 347 g/mol. The lowest BCUT2D eigenvalue weighted by Gasteiger charge is -2.20. The minimum absolute atomic E-state index is 0.193. The highest BCUT2D eigenvalue weighted by Crippen LogP contribution is 2.35. The average molecular weight is 359 g/mol. The summed E-state index contributed by atoms with van der Waals surface area (Å²) >= 11 is 5.87. The van der Waals surface area contributed by atoms with Gasteiger partial charge in [0, 0.05) is 5.02 Å². The molecule has 2 heterocycles. The first-order chi connectivity index (χ1) is 12.0. The van der Waals surface area contributed by atoms with Crippen molar-refractivity contribution in [2.75, 3.05) is 9.91 Å². The second-order valence-electron chi connectivity index (χ2n) is 5.86. The quantitative estimate of drug-likeness (QED) is 0.774. The topological polar surface area (TPSA) is 65.3 Å². The van der Waals surface area contributed by atoms with Gasteiger partial charge in [-0.15, -0.1) is 0 Å². The minimum Gasteiger partial charge on any atom is -0.271 e. The summed E-state index contributed by atoms with van der Waals surface area (Å²) in [5.41, 5.74) is 1.23. The number of anilines is 2. The van der Waals surface area contributed by atoms with Crippen LogP contribution in [-0.4, -0.2) is 23.9 Å². The van der Waals surface area contributed by atoms with Crippen molar-refractivity contribution in [2.24, 2.45) is 10.3 Å². The summed E-state index contributed by atoms with van der Waals surface area (Å²) < 4.78 is 13.8. The van der Waals surface area contributed by atoms with Gasteiger partial charge in [-0.3, -0.25) is 9.59 Å². The van der Waals surface area contributed by atoms with Crippen LogP contribution in [0.2, 0.25) is 5.02 Å². The Labute approximate surface area is 147 Å². The number of fused-ring (bicyclic) bond motifs is 1. The van der Waals surface area contributed by atoms with E-state index in [0.29, 0.717) is 16.3 Å². The SMILES string of the molecule is Cc1ccc(N2C(=O)[C@H]3N=NN(c4ccc(Cl)cc4)[C@H]3C2=O)cc1F. The molecule has 1 saturated heterocycles. The highest BCUT2D eigenvalue weighted by Gasteiger charge is 2.55. The van der Waals surface area contributed by atoms with E-state index in [1.54, 1.807) is 37.3 Å². The van der Waals surface area contributed by atoms with Gasteiger partial charge in [0.15, 0.2) is 12.1 Å². The van der Waals surface area contributed by atoms with Crippen molar-refractivity contribution in [1.29, 1.82) is 0 Å². The number of carbonyl (C=O) groups excluding carboxylic acids is 2. The third-order valence-electron chi connectivity index (χ3n) is 4.29. The van der Waals surface area contributed by atoms with Gasteiger partial charge >= 0.3 is 0 Å². The fraction of sp³-hybridized carbons (Fsp3) is 0.176. The molecule has 0 N–H and O–H groups in total. The zero-order valence-corrected chi connectivity index (χ0v) is 13.8. The van der Waals surface area contributed by atoms with E-state index < -0.39 is 29.7 Å². The molecule has 0 saturated carbocycles. The van der Waals surface area contributed by atoms with Crippen molar-refractivity contribution in [1.82, 2.24) is 0 Å². The van der Waals surface area contributed by atoms with E-state index in [-0.39, 0.29) is 5.69 Å². The number of hydrogen-bond acceptors (Lipinski definition) is 5. The molecule has 0 radical (unpaired) electrons. The standard InChI is InChI=1S/C17H12ClFN4O2/c1-9-2-5-12(8-13(9)19)22-16(24)14-15(17(22)25)23(21-20-14)11-6-3-10(18)4-7-11/h2-8,14-15H,1H3/t14-,15+/m0/s1. The Kier molecular flexibility index (Phi) is 3.54. The minimum atomic E-state index is -0.937. The van der Waals surface area contributed by atoms with Gasteiger partial charge in [-0.1, -0.05) is 22.9 Å². The molecule has 0 unspecified atom stereocenters. The lowest BCUT2D eigenvalue weighted by Crippen LogP contribution is -2.39. The predicted octanol–water partition coefficient (Wildman–Crippen LogP) is 3.29. The Morgan fingerprint density at radius 2 is 1.72 bits per heavy atom. The second kappa shape index (κ2) is 5.63. The van der Waals surface area contributed by atoms with Crippen molar-refractivity contribution in [3.63, 3.8) is 0 Å². The summed E-state index contributed by atoms with van der Waals surface area (Å²) in [5.74, 6) is -1.48. The summed E-state index contributed by atoms with van der Waals surface area (Å²) in [5, 5.41) is 9.83. The van der Waals surface area contributed by atoms with Gasteiger partial charge in [-0.05, 0) is 48.9 Å². The van der Waals surface area contributed by atoms with Gasteiger partial charge in [-0.25, -0.2) is 14.3 Å². The molecule has 1 fully saturated rings. The van der Waals surface area contributed by atoms with Gasteiger partial charge in [-0.2, -0.15) is 5.11 Å². The van der Waals surface area contributed by atoms with Crippen LogP contribution in [0.5, 0.6) is 0 Å². The molecule has 2 atom stereocenters. The van der Waals surface area contributed by atoms with Crippen LogP contribution in [0.25, 0.3) is 0 Å². The highest BCUT2D eigenvalue weighted by atomic mass is 35.5. The van der Waals surface area contributed by atoms with Crippen molar-refractivity contribution < 1.29 is 14.0 Å². The maximum absolute atomic E-state index is 13.8. The van der Waals surface area contributed by atoms with Gasteiger partial charge in [0.05, 0.1) is 11.4 Å². The molecule has 2 aliphatic heterocycles. The molecule has 0 aliphatic carbocycles. The number of benzene rings is 2. The number of aryl methyl sites for hydroxylation is 1. The number of hydrogen-bond donors (Lipinski definition) is 0. The van der Waals surface area contributed by atoms with Crippen molar-refractivity contribution >= 4 is 34.8 Å². The Hall–Kier alpha value is -2.80. The molecule has 2 aromatic carbocycles. The number of nitrogens with zero attached hydrogens (tertiary/aromatic N) is 4. The molecule has 0 spiro atoms. The van der Waals surface area contributed by atoms with E-state index in [1.807, 2.05) is 0 Å². The number of carbonyl (C=O) groups is 2. The lowest BCUT2D eigenvalue weighted by atomic mass is 10.1. The number of rotatable bonds is 2. The number of amides is 2. The molecule has 2 aliphatic rings. The maximum Gasteiger partial charge on any atom is 0.263 e. The van der Waals surface area contributed by atoms with E-state index in [1.165, 1.54) is 17.1 Å². The van der Waals surface area contributed by atoms with Crippen LogP contribution >= 0.6 is 11.6 Å². The third kappa shape index (κ3) is 2.39. The van der Waals surface area contributed by atoms with E-state index in [2.05, 4.69) is 10.3 Å². The molecule has 0 aromatic heterocycles. The van der Waals surface area contributed by atoms with Crippen molar-refractivity contribution in [3.05, 3.63) is 58.9 Å². The first-order valence-corrected chi connectivity index (χ1v) is 7.95. The van der Waals surface area contributed by atoms with Crippen molar-refractivity contribution in [2.45, 2.75) is 19.0 Å². The summed E-state index contributed by atoms with van der Waals surface area (Å²) in [6.45, 7) is 1.61. The zero-order chi connectivity index (χ0) is 17.7. The molecule has 2 aromatic rings. The normalized spacial score (nSPS) is 22.0. The largest absolute Gasteiger partial charge is 0.271 e. The first kappa shape index (κ1) is 15.7. The van der Waals surface area contributed by atoms with E-state index in [0.717, 1.165) is 4.90 Å². The van der Waals surface area contributed by atoms with Gasteiger partial charge in [0.25, 0.3) is 11.8 Å². The molecule has 126 valence electrons. The van der Waals surface area contributed by atoms with Crippen LogP contribution in [0.3, 0.4) is 0 Å². The summed E-state index contributed by atoms with van der Waals surface area (Å²) in [4.78, 5) is 26.4. The molecular formula is C17H12ClFN4O2. The van der Waals surface area contributed by atoms with Gasteiger partial charge < -0.3 is 0 Å². The molecule has 0 bridgehead atoms. The van der Waals surface area contributed by atoms with E-state index in [9.17, 15) is 14.0 Å². The van der Waals surface area contributed by atoms with Crippen LogP contribution in [-0.2, 0) is 9.59 Å². The van der Waals surface area contributed by atoms with Crippen LogP contribution in [0.1, 0.15) is 5.56 Å². The summed E-state index contributed by atoms with van der Waals surface area (Å²) in [7, 11) is 0. The first-order valence-electron chi connectivity index (χ1n) is 7.57. The Morgan fingerprint density at radius 3 is 2.40 bits per heavy atom. The summed E-state index contributed by atoms with van der Waals surface area (Å²) in [6, 6.07) is 9.13. The summed E-state index contributed by atoms with van der Waals surface area (Å²) in [6.07, 6.45) is 0. The van der Waals surface area contributed by atoms with Crippen LogP contribution in [0.15, 0.2) is 52.8 Å². The molecule has 6 nitrogen and oxygen atoms in total. The molecule has 25 heavy (non-hydrogen) atoms. The van der Waals surface area contributed by atoms with Gasteiger partial charge in [0.1, 0.15) is 5.82 Å². The van der Waals surface area contributed by atoms with E-state index >= 15 is 0 Å². The highest BCUT2D eigenvalue weighted by molar-refractivity contribution is 6.30. The zero-order valence-electron chi connectivity index (χ0n) is 13.1. The Balaban J connectivity index is 1.70.